The van der Waals surface area contributed by atoms with Crippen LogP contribution in [0.3, 0.4) is 0 Å². The molecule has 0 bridgehead atoms. The van der Waals surface area contributed by atoms with Crippen molar-refractivity contribution in [3.63, 3.8) is 0 Å². The maximum atomic E-state index is 12.0. The quantitative estimate of drug-likeness (QED) is 0.864. The van der Waals surface area contributed by atoms with Crippen molar-refractivity contribution in [1.82, 2.24) is 15.5 Å². The molecule has 1 amide bonds. The van der Waals surface area contributed by atoms with Crippen LogP contribution in [0.5, 0.6) is 5.75 Å². The number of nitrogens with two attached hydrogens (primary N) is 1. The van der Waals surface area contributed by atoms with E-state index in [4.69, 9.17) is 15.0 Å². The van der Waals surface area contributed by atoms with E-state index < -0.39 is 5.54 Å². The smallest absolute Gasteiger partial charge is 0.251 e. The number of methoxy groups -OCH3 is 1. The Morgan fingerprint density at radius 3 is 2.73 bits per heavy atom. The van der Waals surface area contributed by atoms with Crippen molar-refractivity contribution in [3.8, 4) is 5.75 Å². The summed E-state index contributed by atoms with van der Waals surface area (Å²) < 4.78 is 10.2. The van der Waals surface area contributed by atoms with Crippen LogP contribution in [-0.2, 0) is 12.1 Å². The fraction of sp³-hybridized carbons (Fsp3) is 0.400. The molecule has 7 nitrogen and oxygen atoms in total. The van der Waals surface area contributed by atoms with Crippen molar-refractivity contribution in [2.75, 3.05) is 7.11 Å². The van der Waals surface area contributed by atoms with E-state index in [1.54, 1.807) is 31.4 Å². The first kappa shape index (κ1) is 14.5. The molecule has 0 aliphatic heterocycles. The molecule has 1 aromatic heterocycles. The van der Waals surface area contributed by atoms with Crippen LogP contribution >= 0.6 is 0 Å². The van der Waals surface area contributed by atoms with Crippen molar-refractivity contribution >= 4 is 5.91 Å². The van der Waals surface area contributed by atoms with Gasteiger partial charge < -0.3 is 20.3 Å². The maximum absolute atomic E-state index is 12.0. The predicted molar refractivity (Wildman–Crippen MR) is 78.2 cm³/mol. The van der Waals surface area contributed by atoms with Crippen LogP contribution in [0.15, 0.2) is 28.8 Å². The number of aromatic nitrogens is 2. The van der Waals surface area contributed by atoms with Gasteiger partial charge in [0.2, 0.25) is 5.89 Å². The van der Waals surface area contributed by atoms with Gasteiger partial charge in [0.05, 0.1) is 19.2 Å². The van der Waals surface area contributed by atoms with Gasteiger partial charge in [-0.05, 0) is 43.5 Å². The summed E-state index contributed by atoms with van der Waals surface area (Å²) in [6, 6.07) is 6.84. The molecule has 0 radical (unpaired) electrons. The fourth-order valence-electron chi connectivity index (χ4n) is 2.31. The molecule has 0 saturated heterocycles. The first-order valence-corrected chi connectivity index (χ1v) is 7.15. The second-order valence-corrected chi connectivity index (χ2v) is 5.43. The van der Waals surface area contributed by atoms with Gasteiger partial charge in [-0.1, -0.05) is 5.16 Å². The zero-order valence-corrected chi connectivity index (χ0v) is 12.3. The number of carbonyl (C=O) groups is 1. The lowest BCUT2D eigenvalue weighted by atomic mass is 9.77. The van der Waals surface area contributed by atoms with Crippen molar-refractivity contribution in [2.45, 2.75) is 31.3 Å². The number of benzene rings is 1. The molecule has 1 aliphatic rings. The molecular weight excluding hydrogens is 284 g/mol. The number of ether oxygens (including phenoxy) is 1. The maximum Gasteiger partial charge on any atom is 0.251 e. The molecule has 1 heterocycles. The lowest BCUT2D eigenvalue weighted by Crippen LogP contribution is -2.44. The fourth-order valence-corrected chi connectivity index (χ4v) is 2.31. The largest absolute Gasteiger partial charge is 0.497 e. The van der Waals surface area contributed by atoms with Gasteiger partial charge in [0.1, 0.15) is 5.75 Å². The molecule has 1 aliphatic carbocycles. The minimum atomic E-state index is -0.457. The van der Waals surface area contributed by atoms with E-state index in [1.165, 1.54) is 0 Å². The summed E-state index contributed by atoms with van der Waals surface area (Å²) in [6.45, 7) is 0.175. The number of amides is 1. The molecule has 1 fully saturated rings. The van der Waals surface area contributed by atoms with Crippen LogP contribution in [0.25, 0.3) is 0 Å². The summed E-state index contributed by atoms with van der Waals surface area (Å²) in [7, 11) is 1.58. The number of hydrogen-bond acceptors (Lipinski definition) is 6. The minimum absolute atomic E-state index is 0.175. The Balaban J connectivity index is 1.58. The highest BCUT2D eigenvalue weighted by atomic mass is 16.5. The van der Waals surface area contributed by atoms with Crippen molar-refractivity contribution in [2.24, 2.45) is 5.73 Å². The Morgan fingerprint density at radius 2 is 2.14 bits per heavy atom. The molecule has 0 unspecified atom stereocenters. The number of nitrogens with zero attached hydrogens (tertiary/aromatic N) is 2. The van der Waals surface area contributed by atoms with Gasteiger partial charge in [0.15, 0.2) is 5.82 Å². The third-order valence-corrected chi connectivity index (χ3v) is 3.91. The third-order valence-electron chi connectivity index (χ3n) is 3.91. The van der Waals surface area contributed by atoms with Gasteiger partial charge in [-0.25, -0.2) is 0 Å². The van der Waals surface area contributed by atoms with E-state index in [2.05, 4.69) is 15.5 Å². The van der Waals surface area contributed by atoms with Crippen molar-refractivity contribution < 1.29 is 14.1 Å². The molecule has 2 aromatic rings. The number of carbonyl (C=O) groups excluding carboxylic acids is 1. The van der Waals surface area contributed by atoms with E-state index in [0.717, 1.165) is 19.3 Å². The summed E-state index contributed by atoms with van der Waals surface area (Å²) in [5.41, 5.74) is 6.21. The topological polar surface area (TPSA) is 103 Å². The minimum Gasteiger partial charge on any atom is -0.497 e. The Hall–Kier alpha value is -2.41. The average Bonchev–Trinajstić information content (AvgIpc) is 2.99. The Morgan fingerprint density at radius 1 is 1.41 bits per heavy atom. The van der Waals surface area contributed by atoms with Crippen molar-refractivity contribution in [3.05, 3.63) is 41.5 Å². The van der Waals surface area contributed by atoms with Gasteiger partial charge in [-0.3, -0.25) is 4.79 Å². The molecule has 1 saturated carbocycles. The van der Waals surface area contributed by atoms with Crippen LogP contribution in [0.1, 0.15) is 41.3 Å². The average molecular weight is 302 g/mol. The number of hydrogen-bond donors (Lipinski definition) is 2. The normalized spacial score (nSPS) is 15.9. The van der Waals surface area contributed by atoms with Crippen molar-refractivity contribution in [1.29, 1.82) is 0 Å². The van der Waals surface area contributed by atoms with E-state index >= 15 is 0 Å². The summed E-state index contributed by atoms with van der Waals surface area (Å²) in [5.74, 6) is 1.36. The van der Waals surface area contributed by atoms with Gasteiger partial charge >= 0.3 is 0 Å². The van der Waals surface area contributed by atoms with Gasteiger partial charge in [0, 0.05) is 5.56 Å². The molecule has 0 spiro atoms. The molecule has 116 valence electrons. The summed E-state index contributed by atoms with van der Waals surface area (Å²) in [5, 5.41) is 6.64. The van der Waals surface area contributed by atoms with E-state index in [1.807, 2.05) is 0 Å². The highest BCUT2D eigenvalue weighted by Gasteiger charge is 2.38. The first-order chi connectivity index (χ1) is 10.6. The third kappa shape index (κ3) is 2.80. The Labute approximate surface area is 127 Å². The summed E-state index contributed by atoms with van der Waals surface area (Å²) >= 11 is 0. The van der Waals surface area contributed by atoms with Crippen LogP contribution in [0.2, 0.25) is 0 Å². The van der Waals surface area contributed by atoms with Crippen LogP contribution in [0, 0.1) is 0 Å². The zero-order valence-electron chi connectivity index (χ0n) is 12.3. The van der Waals surface area contributed by atoms with E-state index in [0.29, 0.717) is 23.0 Å². The second-order valence-electron chi connectivity index (χ2n) is 5.43. The van der Waals surface area contributed by atoms with Crippen LogP contribution in [0.4, 0.5) is 0 Å². The molecule has 22 heavy (non-hydrogen) atoms. The molecule has 3 rings (SSSR count). The first-order valence-electron chi connectivity index (χ1n) is 7.15. The van der Waals surface area contributed by atoms with E-state index in [9.17, 15) is 4.79 Å². The Bertz CT molecular complexity index is 662. The summed E-state index contributed by atoms with van der Waals surface area (Å²) in [6.07, 6.45) is 2.81. The molecule has 3 N–H and O–H groups in total. The van der Waals surface area contributed by atoms with Gasteiger partial charge in [-0.2, -0.15) is 4.98 Å². The SMILES string of the molecule is COc1ccc(C(=O)NCc2nc(C3(N)CCC3)no2)cc1. The predicted octanol–water partition coefficient (Wildman–Crippen LogP) is 1.35. The lowest BCUT2D eigenvalue weighted by molar-refractivity contribution is 0.0946. The highest BCUT2D eigenvalue weighted by molar-refractivity contribution is 5.94. The molecule has 0 atom stereocenters. The standard InChI is InChI=1S/C15H18N4O3/c1-21-11-5-3-10(4-6-11)13(20)17-9-12-18-14(19-22-12)15(16)7-2-8-15/h3-6H,2,7-9,16H2,1H3,(H,17,20). The molecular formula is C15H18N4O3. The highest BCUT2D eigenvalue weighted by Crippen LogP contribution is 2.36. The zero-order chi connectivity index (χ0) is 15.6. The number of nitrogens with one attached hydrogen (secondary N) is 1. The Kier molecular flexibility index (Phi) is 3.81. The molecule has 1 aromatic carbocycles. The molecule has 7 heteroatoms. The summed E-state index contributed by atoms with van der Waals surface area (Å²) in [4.78, 5) is 16.3. The lowest BCUT2D eigenvalue weighted by Gasteiger charge is -2.34. The number of rotatable bonds is 5. The monoisotopic (exact) mass is 302 g/mol. The van der Waals surface area contributed by atoms with Gasteiger partial charge in [-0.15, -0.1) is 0 Å². The van der Waals surface area contributed by atoms with Gasteiger partial charge in [0.25, 0.3) is 5.91 Å². The van der Waals surface area contributed by atoms with Crippen LogP contribution in [-0.4, -0.2) is 23.2 Å². The second kappa shape index (κ2) is 5.76. The van der Waals surface area contributed by atoms with E-state index in [-0.39, 0.29) is 12.5 Å². The van der Waals surface area contributed by atoms with Crippen LogP contribution < -0.4 is 15.8 Å².